The first kappa shape index (κ1) is 14.5. The summed E-state index contributed by atoms with van der Waals surface area (Å²) in [5.74, 6) is 0.921. The Kier molecular flexibility index (Phi) is 4.68. The maximum Gasteiger partial charge on any atom is 0.336 e. The van der Waals surface area contributed by atoms with Crippen LogP contribution in [0.5, 0.6) is 0 Å². The number of aromatic carboxylic acids is 1. The zero-order chi connectivity index (χ0) is 14.5. The van der Waals surface area contributed by atoms with Gasteiger partial charge in [-0.1, -0.05) is 13.0 Å². The van der Waals surface area contributed by atoms with Crippen LogP contribution in [-0.4, -0.2) is 38.3 Å². The molecule has 1 heterocycles. The number of carbonyl (C=O) groups is 1. The average molecular weight is 292 g/mol. The number of nitrogens with one attached hydrogen (secondary N) is 1. The second-order valence-electron chi connectivity index (χ2n) is 4.23. The van der Waals surface area contributed by atoms with Crippen LogP contribution in [0.3, 0.4) is 0 Å². The Labute approximate surface area is 119 Å². The number of carboxylic acids is 1. The fourth-order valence-electron chi connectivity index (χ4n) is 1.88. The molecule has 0 aliphatic heterocycles. The fraction of sp³-hybridized carbons (Fsp3) is 0.286. The molecule has 0 spiro atoms. The standard InChI is InChI=1S/C14H16N2O3S/c1-2-20(19)9-8-15-13-7-6-10-11(14(17)18)4-3-5-12(10)16-13/h3-7H,2,8-9H2,1H3,(H,15,16)(H,17,18). The third kappa shape index (κ3) is 3.33. The van der Waals surface area contributed by atoms with Gasteiger partial charge in [-0.05, 0) is 24.3 Å². The highest BCUT2D eigenvalue weighted by Gasteiger charge is 2.08. The summed E-state index contributed by atoms with van der Waals surface area (Å²) in [5.41, 5.74) is 0.875. The molecular weight excluding hydrogens is 276 g/mol. The summed E-state index contributed by atoms with van der Waals surface area (Å²) in [6.45, 7) is 2.47. The van der Waals surface area contributed by atoms with Crippen LogP contribution in [0.4, 0.5) is 5.82 Å². The minimum atomic E-state index is -0.962. The van der Waals surface area contributed by atoms with E-state index in [1.165, 1.54) is 0 Å². The average Bonchev–Trinajstić information content (AvgIpc) is 2.46. The topological polar surface area (TPSA) is 79.3 Å². The van der Waals surface area contributed by atoms with Crippen LogP contribution in [0.1, 0.15) is 17.3 Å². The molecule has 0 aliphatic rings. The highest BCUT2D eigenvalue weighted by molar-refractivity contribution is 7.84. The molecule has 1 atom stereocenters. The first-order valence-electron chi connectivity index (χ1n) is 6.33. The van der Waals surface area contributed by atoms with E-state index in [1.54, 1.807) is 30.3 Å². The van der Waals surface area contributed by atoms with E-state index < -0.39 is 16.8 Å². The second kappa shape index (κ2) is 6.47. The maximum atomic E-state index is 11.3. The number of aromatic nitrogens is 1. The summed E-state index contributed by atoms with van der Waals surface area (Å²) < 4.78 is 11.3. The molecule has 1 unspecified atom stereocenters. The Morgan fingerprint density at radius 2 is 2.15 bits per heavy atom. The molecule has 1 aromatic carbocycles. The Hall–Kier alpha value is -1.95. The number of nitrogens with zero attached hydrogens (tertiary/aromatic N) is 1. The molecule has 0 radical (unpaired) electrons. The van der Waals surface area contributed by atoms with Gasteiger partial charge in [-0.3, -0.25) is 4.21 Å². The first-order chi connectivity index (χ1) is 9.61. The van der Waals surface area contributed by atoms with Crippen LogP contribution in [0.25, 0.3) is 10.9 Å². The number of hydrogen-bond donors (Lipinski definition) is 2. The molecule has 2 rings (SSSR count). The van der Waals surface area contributed by atoms with Crippen molar-refractivity contribution in [2.45, 2.75) is 6.92 Å². The van der Waals surface area contributed by atoms with Crippen molar-refractivity contribution in [1.82, 2.24) is 4.98 Å². The third-order valence-corrected chi connectivity index (χ3v) is 4.22. The molecule has 1 aromatic heterocycles. The molecule has 6 heteroatoms. The van der Waals surface area contributed by atoms with Crippen LogP contribution in [0.15, 0.2) is 30.3 Å². The lowest BCUT2D eigenvalue weighted by Gasteiger charge is -2.07. The SMILES string of the molecule is CCS(=O)CCNc1ccc2c(C(=O)O)cccc2n1. The van der Waals surface area contributed by atoms with Crippen molar-refractivity contribution >= 4 is 33.5 Å². The summed E-state index contributed by atoms with van der Waals surface area (Å²) in [5, 5.41) is 12.8. The predicted octanol–water partition coefficient (Wildman–Crippen LogP) is 2.11. The molecule has 2 aromatic rings. The molecular formula is C14H16N2O3S. The van der Waals surface area contributed by atoms with Crippen molar-refractivity contribution in [2.75, 3.05) is 23.4 Å². The lowest BCUT2D eigenvalue weighted by Crippen LogP contribution is -2.12. The number of hydrogen-bond acceptors (Lipinski definition) is 4. The van der Waals surface area contributed by atoms with Gasteiger partial charge in [-0.25, -0.2) is 9.78 Å². The monoisotopic (exact) mass is 292 g/mol. The van der Waals surface area contributed by atoms with Crippen molar-refractivity contribution in [3.63, 3.8) is 0 Å². The van der Waals surface area contributed by atoms with Gasteiger partial charge in [0, 0.05) is 34.2 Å². The van der Waals surface area contributed by atoms with Gasteiger partial charge >= 0.3 is 5.97 Å². The first-order valence-corrected chi connectivity index (χ1v) is 7.82. The molecule has 20 heavy (non-hydrogen) atoms. The molecule has 0 bridgehead atoms. The molecule has 106 valence electrons. The largest absolute Gasteiger partial charge is 0.478 e. The van der Waals surface area contributed by atoms with E-state index in [0.29, 0.717) is 34.8 Å². The van der Waals surface area contributed by atoms with Gasteiger partial charge in [0.25, 0.3) is 0 Å². The summed E-state index contributed by atoms with van der Waals surface area (Å²) in [6.07, 6.45) is 0. The van der Waals surface area contributed by atoms with Crippen molar-refractivity contribution < 1.29 is 14.1 Å². The molecule has 0 saturated heterocycles. The molecule has 0 amide bonds. The van der Waals surface area contributed by atoms with Crippen LogP contribution in [-0.2, 0) is 10.8 Å². The fourth-order valence-corrected chi connectivity index (χ4v) is 2.50. The zero-order valence-electron chi connectivity index (χ0n) is 11.1. The summed E-state index contributed by atoms with van der Waals surface area (Å²) in [6, 6.07) is 8.49. The summed E-state index contributed by atoms with van der Waals surface area (Å²) in [7, 11) is -0.806. The molecule has 0 fully saturated rings. The minimum absolute atomic E-state index is 0.244. The molecule has 5 nitrogen and oxygen atoms in total. The number of rotatable bonds is 6. The van der Waals surface area contributed by atoms with Crippen LogP contribution in [0.2, 0.25) is 0 Å². The lowest BCUT2D eigenvalue weighted by atomic mass is 10.1. The number of carboxylic acid groups (broad SMARTS) is 1. The van der Waals surface area contributed by atoms with Gasteiger partial charge in [0.05, 0.1) is 11.1 Å². The van der Waals surface area contributed by atoms with Crippen molar-refractivity contribution in [2.24, 2.45) is 0 Å². The van der Waals surface area contributed by atoms with Gasteiger partial charge in [0.15, 0.2) is 0 Å². The van der Waals surface area contributed by atoms with E-state index in [9.17, 15) is 9.00 Å². The number of anilines is 1. The Morgan fingerprint density at radius 3 is 2.85 bits per heavy atom. The van der Waals surface area contributed by atoms with Crippen molar-refractivity contribution in [1.29, 1.82) is 0 Å². The number of pyridine rings is 1. The molecule has 2 N–H and O–H groups in total. The van der Waals surface area contributed by atoms with E-state index in [1.807, 2.05) is 6.92 Å². The predicted molar refractivity (Wildman–Crippen MR) is 80.7 cm³/mol. The Bertz CT molecular complexity index is 658. The van der Waals surface area contributed by atoms with Gasteiger partial charge in [-0.2, -0.15) is 0 Å². The second-order valence-corrected chi connectivity index (χ2v) is 6.10. The lowest BCUT2D eigenvalue weighted by molar-refractivity contribution is 0.0699. The van der Waals surface area contributed by atoms with E-state index >= 15 is 0 Å². The van der Waals surface area contributed by atoms with Gasteiger partial charge < -0.3 is 10.4 Å². The smallest absolute Gasteiger partial charge is 0.336 e. The molecule has 0 saturated carbocycles. The van der Waals surface area contributed by atoms with Crippen LogP contribution in [0, 0.1) is 0 Å². The van der Waals surface area contributed by atoms with Crippen molar-refractivity contribution in [3.05, 3.63) is 35.9 Å². The van der Waals surface area contributed by atoms with Gasteiger partial charge in [-0.15, -0.1) is 0 Å². The van der Waals surface area contributed by atoms with E-state index in [2.05, 4.69) is 10.3 Å². The van der Waals surface area contributed by atoms with E-state index in [-0.39, 0.29) is 5.56 Å². The third-order valence-electron chi connectivity index (χ3n) is 2.92. The Balaban J connectivity index is 2.18. The summed E-state index contributed by atoms with van der Waals surface area (Å²) in [4.78, 5) is 15.5. The van der Waals surface area contributed by atoms with Gasteiger partial charge in [0.1, 0.15) is 5.82 Å². The van der Waals surface area contributed by atoms with Crippen LogP contribution < -0.4 is 5.32 Å². The maximum absolute atomic E-state index is 11.3. The summed E-state index contributed by atoms with van der Waals surface area (Å²) >= 11 is 0. The number of benzene rings is 1. The van der Waals surface area contributed by atoms with Crippen LogP contribution >= 0.6 is 0 Å². The quantitative estimate of drug-likeness (QED) is 0.852. The highest BCUT2D eigenvalue weighted by Crippen LogP contribution is 2.19. The van der Waals surface area contributed by atoms with Gasteiger partial charge in [0.2, 0.25) is 0 Å². The normalized spacial score (nSPS) is 12.2. The minimum Gasteiger partial charge on any atom is -0.478 e. The van der Waals surface area contributed by atoms with Crippen molar-refractivity contribution in [3.8, 4) is 0 Å². The van der Waals surface area contributed by atoms with E-state index in [0.717, 1.165) is 0 Å². The molecule has 0 aliphatic carbocycles. The number of fused-ring (bicyclic) bond motifs is 1. The highest BCUT2D eigenvalue weighted by atomic mass is 32.2. The Morgan fingerprint density at radius 1 is 1.35 bits per heavy atom. The zero-order valence-corrected chi connectivity index (χ0v) is 11.9. The van der Waals surface area contributed by atoms with E-state index in [4.69, 9.17) is 5.11 Å².